The van der Waals surface area contributed by atoms with E-state index in [4.69, 9.17) is 9.47 Å². The van der Waals surface area contributed by atoms with Crippen LogP contribution in [-0.2, 0) is 10.2 Å². The fourth-order valence-corrected chi connectivity index (χ4v) is 2.93. The molecule has 1 saturated heterocycles. The van der Waals surface area contributed by atoms with E-state index in [9.17, 15) is 0 Å². The minimum absolute atomic E-state index is 0.00294. The van der Waals surface area contributed by atoms with E-state index < -0.39 is 0 Å². The summed E-state index contributed by atoms with van der Waals surface area (Å²) in [5.74, 6) is 0.957. The van der Waals surface area contributed by atoms with Gasteiger partial charge in [-0.15, -0.1) is 0 Å². The van der Waals surface area contributed by atoms with E-state index in [2.05, 4.69) is 45.1 Å². The molecule has 1 aromatic rings. The zero-order chi connectivity index (χ0) is 14.3. The highest BCUT2D eigenvalue weighted by Crippen LogP contribution is 2.44. The van der Waals surface area contributed by atoms with Crippen molar-refractivity contribution >= 4 is 0 Å². The lowest BCUT2D eigenvalue weighted by Crippen LogP contribution is -2.66. The zero-order valence-corrected chi connectivity index (χ0v) is 12.9. The molecule has 0 radical (unpaired) electrons. The smallest absolute Gasteiger partial charge is 0.122 e. The molecule has 3 heteroatoms. The first-order valence-electron chi connectivity index (χ1n) is 6.81. The van der Waals surface area contributed by atoms with Gasteiger partial charge in [-0.05, 0) is 57.5 Å². The molecule has 2 rings (SSSR count). The van der Waals surface area contributed by atoms with Crippen LogP contribution in [0.15, 0.2) is 12.1 Å². The van der Waals surface area contributed by atoms with Crippen LogP contribution in [0.2, 0.25) is 0 Å². The third-order valence-electron chi connectivity index (χ3n) is 4.99. The quantitative estimate of drug-likeness (QED) is 0.905. The number of rotatable bonds is 4. The molecule has 0 aromatic heterocycles. The number of likely N-dealkylation sites (N-methyl/N-ethyl adjacent to an activating group) is 1. The molecule has 1 fully saturated rings. The van der Waals surface area contributed by atoms with Crippen molar-refractivity contribution in [1.29, 1.82) is 0 Å². The zero-order valence-electron chi connectivity index (χ0n) is 12.9. The van der Waals surface area contributed by atoms with Crippen LogP contribution in [0.25, 0.3) is 0 Å². The number of hydrogen-bond acceptors (Lipinski definition) is 3. The molecule has 0 aliphatic carbocycles. The molecule has 0 spiro atoms. The molecular formula is C16H25NO2. The monoisotopic (exact) mass is 263 g/mol. The van der Waals surface area contributed by atoms with E-state index in [-0.39, 0.29) is 11.0 Å². The predicted molar refractivity (Wildman–Crippen MR) is 78.1 cm³/mol. The van der Waals surface area contributed by atoms with Crippen LogP contribution in [0.4, 0.5) is 0 Å². The molecular weight excluding hydrogens is 238 g/mol. The molecule has 0 saturated carbocycles. The lowest BCUT2D eigenvalue weighted by atomic mass is 9.64. The molecule has 0 atom stereocenters. The summed E-state index contributed by atoms with van der Waals surface area (Å²) >= 11 is 0. The van der Waals surface area contributed by atoms with E-state index in [1.807, 2.05) is 7.05 Å². The van der Waals surface area contributed by atoms with Crippen LogP contribution < -0.4 is 10.1 Å². The summed E-state index contributed by atoms with van der Waals surface area (Å²) in [6.45, 7) is 10.3. The van der Waals surface area contributed by atoms with Crippen LogP contribution in [0.5, 0.6) is 5.75 Å². The minimum Gasteiger partial charge on any atom is -0.496 e. The summed E-state index contributed by atoms with van der Waals surface area (Å²) in [5, 5.41) is 3.45. The fraction of sp³-hybridized carbons (Fsp3) is 0.625. The minimum atomic E-state index is -0.00294. The molecule has 1 aliphatic rings. The first-order chi connectivity index (χ1) is 8.89. The number of nitrogens with one attached hydrogen (secondary N) is 1. The van der Waals surface area contributed by atoms with Crippen molar-refractivity contribution in [1.82, 2.24) is 5.32 Å². The van der Waals surface area contributed by atoms with Gasteiger partial charge in [-0.3, -0.25) is 0 Å². The van der Waals surface area contributed by atoms with E-state index in [0.29, 0.717) is 0 Å². The van der Waals surface area contributed by atoms with Crippen molar-refractivity contribution < 1.29 is 9.47 Å². The number of methoxy groups -OCH3 is 1. The summed E-state index contributed by atoms with van der Waals surface area (Å²) < 4.78 is 11.0. The molecule has 1 N–H and O–H groups in total. The van der Waals surface area contributed by atoms with Gasteiger partial charge in [0.1, 0.15) is 5.75 Å². The van der Waals surface area contributed by atoms with Crippen molar-refractivity contribution in [3.05, 3.63) is 28.8 Å². The molecule has 1 aliphatic heterocycles. The van der Waals surface area contributed by atoms with Crippen molar-refractivity contribution in [3.8, 4) is 5.75 Å². The molecule has 0 unspecified atom stereocenters. The van der Waals surface area contributed by atoms with Crippen LogP contribution in [0.1, 0.15) is 30.5 Å². The average Bonchev–Trinajstić information content (AvgIpc) is 2.33. The predicted octanol–water partition coefficient (Wildman–Crippen LogP) is 2.58. The third-order valence-corrected chi connectivity index (χ3v) is 4.99. The van der Waals surface area contributed by atoms with Gasteiger partial charge in [0.15, 0.2) is 0 Å². The Morgan fingerprint density at radius 3 is 2.26 bits per heavy atom. The van der Waals surface area contributed by atoms with Gasteiger partial charge in [0, 0.05) is 5.54 Å². The summed E-state index contributed by atoms with van der Waals surface area (Å²) in [4.78, 5) is 0. The van der Waals surface area contributed by atoms with Gasteiger partial charge in [0.2, 0.25) is 0 Å². The van der Waals surface area contributed by atoms with E-state index in [0.717, 1.165) is 19.0 Å². The van der Waals surface area contributed by atoms with E-state index in [1.54, 1.807) is 7.11 Å². The second-order valence-corrected chi connectivity index (χ2v) is 6.02. The molecule has 106 valence electrons. The Balaban J connectivity index is 2.54. The summed E-state index contributed by atoms with van der Waals surface area (Å²) in [6.07, 6.45) is 0. The Kier molecular flexibility index (Phi) is 3.63. The van der Waals surface area contributed by atoms with Gasteiger partial charge in [-0.2, -0.15) is 0 Å². The molecule has 0 amide bonds. The topological polar surface area (TPSA) is 30.5 Å². The Morgan fingerprint density at radius 1 is 1.21 bits per heavy atom. The maximum Gasteiger partial charge on any atom is 0.122 e. The van der Waals surface area contributed by atoms with Gasteiger partial charge >= 0.3 is 0 Å². The summed E-state index contributed by atoms with van der Waals surface area (Å²) in [6, 6.07) is 4.27. The molecule has 1 heterocycles. The molecule has 19 heavy (non-hydrogen) atoms. The second-order valence-electron chi connectivity index (χ2n) is 6.02. The van der Waals surface area contributed by atoms with Crippen LogP contribution in [-0.4, -0.2) is 32.9 Å². The van der Waals surface area contributed by atoms with Gasteiger partial charge in [0.25, 0.3) is 0 Å². The highest BCUT2D eigenvalue weighted by atomic mass is 16.5. The fourth-order valence-electron chi connectivity index (χ4n) is 2.93. The largest absolute Gasteiger partial charge is 0.496 e. The lowest BCUT2D eigenvalue weighted by molar-refractivity contribution is -0.0994. The van der Waals surface area contributed by atoms with Gasteiger partial charge in [0.05, 0.1) is 25.7 Å². The Hall–Kier alpha value is -1.06. The van der Waals surface area contributed by atoms with E-state index >= 15 is 0 Å². The van der Waals surface area contributed by atoms with Crippen LogP contribution in [0, 0.1) is 13.8 Å². The van der Waals surface area contributed by atoms with Gasteiger partial charge < -0.3 is 14.8 Å². The standard InChI is InChI=1S/C16H25NO2/c1-11-12(2)14(18-6)8-7-13(11)16(9-19-10-16)15(3,4)17-5/h7-8,17H,9-10H2,1-6H3. The summed E-state index contributed by atoms with van der Waals surface area (Å²) in [5.41, 5.74) is 3.94. The highest BCUT2D eigenvalue weighted by molar-refractivity contribution is 5.49. The van der Waals surface area contributed by atoms with Crippen molar-refractivity contribution in [2.24, 2.45) is 0 Å². The Bertz CT molecular complexity index is 476. The molecule has 1 aromatic carbocycles. The van der Waals surface area contributed by atoms with Crippen LogP contribution in [0.3, 0.4) is 0 Å². The summed E-state index contributed by atoms with van der Waals surface area (Å²) in [7, 11) is 3.74. The molecule has 0 bridgehead atoms. The molecule has 3 nitrogen and oxygen atoms in total. The maximum atomic E-state index is 5.56. The average molecular weight is 263 g/mol. The normalized spacial score (nSPS) is 18.0. The van der Waals surface area contributed by atoms with Crippen LogP contribution >= 0.6 is 0 Å². The van der Waals surface area contributed by atoms with Crippen molar-refractivity contribution in [3.63, 3.8) is 0 Å². The van der Waals surface area contributed by atoms with Gasteiger partial charge in [-0.25, -0.2) is 0 Å². The lowest BCUT2D eigenvalue weighted by Gasteiger charge is -2.53. The highest BCUT2D eigenvalue weighted by Gasteiger charge is 2.52. The SMILES string of the molecule is CNC(C)(C)C1(c2ccc(OC)c(C)c2C)COC1. The van der Waals surface area contributed by atoms with Crippen molar-refractivity contribution in [2.45, 2.75) is 38.6 Å². The van der Waals surface area contributed by atoms with E-state index in [1.165, 1.54) is 16.7 Å². The first-order valence-corrected chi connectivity index (χ1v) is 6.81. The Labute approximate surface area is 116 Å². The third kappa shape index (κ3) is 1.96. The first kappa shape index (κ1) is 14.4. The Morgan fingerprint density at radius 2 is 1.84 bits per heavy atom. The maximum absolute atomic E-state index is 5.56. The van der Waals surface area contributed by atoms with Crippen molar-refractivity contribution in [2.75, 3.05) is 27.4 Å². The van der Waals surface area contributed by atoms with Gasteiger partial charge in [-0.1, -0.05) is 6.07 Å². The second kappa shape index (κ2) is 4.80. The number of benzene rings is 1. The number of hydrogen-bond donors (Lipinski definition) is 1. The number of ether oxygens (including phenoxy) is 2.